The number of hydrogen-bond acceptors (Lipinski definition) is 7. The first-order valence-electron chi connectivity index (χ1n) is 10.2. The summed E-state index contributed by atoms with van der Waals surface area (Å²) in [6.07, 6.45) is 1.45. The minimum absolute atomic E-state index is 0.0742. The highest BCUT2D eigenvalue weighted by molar-refractivity contribution is 6.33. The zero-order chi connectivity index (χ0) is 22.3. The van der Waals surface area contributed by atoms with Crippen molar-refractivity contribution in [2.45, 2.75) is 38.5 Å². The fraction of sp³-hybridized carbons (Fsp3) is 0.476. The van der Waals surface area contributed by atoms with Gasteiger partial charge in [-0.3, -0.25) is 0 Å². The molecule has 0 spiro atoms. The number of halogens is 2. The number of rotatable bonds is 5. The number of nitrogens with one attached hydrogen (secondary N) is 1. The monoisotopic (exact) mass is 448 g/mol. The fourth-order valence-electron chi connectivity index (χ4n) is 3.80. The molecule has 0 aliphatic carbocycles. The summed E-state index contributed by atoms with van der Waals surface area (Å²) in [7, 11) is 3.76. The zero-order valence-corrected chi connectivity index (χ0v) is 18.7. The van der Waals surface area contributed by atoms with Crippen LogP contribution in [0, 0.1) is 5.82 Å². The predicted molar refractivity (Wildman–Crippen MR) is 119 cm³/mol. The van der Waals surface area contributed by atoms with Gasteiger partial charge >= 0.3 is 0 Å². The quantitative estimate of drug-likeness (QED) is 0.617. The molecule has 0 bridgehead atoms. The number of hydrogen-bond donors (Lipinski definition) is 2. The van der Waals surface area contributed by atoms with Crippen LogP contribution >= 0.6 is 11.6 Å². The van der Waals surface area contributed by atoms with Gasteiger partial charge in [-0.05, 0) is 32.4 Å². The molecule has 0 radical (unpaired) electrons. The van der Waals surface area contributed by atoms with E-state index in [9.17, 15) is 5.11 Å². The molecule has 3 heterocycles. The average Bonchev–Trinajstić information content (AvgIpc) is 3.12. The zero-order valence-electron chi connectivity index (χ0n) is 17.9. The van der Waals surface area contributed by atoms with E-state index in [1.54, 1.807) is 0 Å². The second-order valence-corrected chi connectivity index (χ2v) is 8.57. The highest BCUT2D eigenvalue weighted by Crippen LogP contribution is 2.34. The molecule has 1 aliphatic rings. The van der Waals surface area contributed by atoms with E-state index in [0.29, 0.717) is 52.2 Å². The topological polar surface area (TPSA) is 88.3 Å². The maximum Gasteiger partial charge on any atom is 0.223 e. The lowest BCUT2D eigenvalue weighted by Crippen LogP contribution is -2.42. The number of aromatic nitrogens is 4. The lowest BCUT2D eigenvalue weighted by Gasteiger charge is -2.28. The molecule has 0 unspecified atom stereocenters. The second kappa shape index (κ2) is 8.57. The first-order valence-corrected chi connectivity index (χ1v) is 10.6. The molecule has 1 saturated heterocycles. The van der Waals surface area contributed by atoms with Gasteiger partial charge in [0, 0.05) is 32.3 Å². The normalized spacial score (nSPS) is 19.2. The van der Waals surface area contributed by atoms with E-state index in [1.165, 1.54) is 12.3 Å². The Kier molecular flexibility index (Phi) is 6.00. The van der Waals surface area contributed by atoms with Crippen LogP contribution in [0.15, 0.2) is 18.3 Å². The SMILES string of the molecule is CC(C)n1c(N(C)C)nc2c(F)cc(-c3nc(N[C@@H]4CCOC[C@H]4O)ncc3Cl)cc21. The Hall–Kier alpha value is -2.49. The van der Waals surface area contributed by atoms with E-state index in [4.69, 9.17) is 16.3 Å². The number of aliphatic hydroxyl groups excluding tert-OH is 1. The van der Waals surface area contributed by atoms with Gasteiger partial charge < -0.3 is 24.6 Å². The van der Waals surface area contributed by atoms with Crippen molar-refractivity contribution in [3.8, 4) is 11.3 Å². The van der Waals surface area contributed by atoms with Crippen molar-refractivity contribution in [1.29, 1.82) is 0 Å². The van der Waals surface area contributed by atoms with E-state index in [0.717, 1.165) is 0 Å². The van der Waals surface area contributed by atoms with Crippen molar-refractivity contribution in [3.63, 3.8) is 0 Å². The van der Waals surface area contributed by atoms with Gasteiger partial charge in [-0.2, -0.15) is 0 Å². The van der Waals surface area contributed by atoms with Crippen molar-refractivity contribution in [2.75, 3.05) is 37.5 Å². The third kappa shape index (κ3) is 4.17. The van der Waals surface area contributed by atoms with Gasteiger partial charge in [0.2, 0.25) is 11.9 Å². The van der Waals surface area contributed by atoms with Crippen LogP contribution in [0.4, 0.5) is 16.3 Å². The third-order valence-corrected chi connectivity index (χ3v) is 5.58. The van der Waals surface area contributed by atoms with Crippen molar-refractivity contribution >= 4 is 34.5 Å². The highest BCUT2D eigenvalue weighted by atomic mass is 35.5. The second-order valence-electron chi connectivity index (χ2n) is 8.17. The number of imidazole rings is 1. The average molecular weight is 449 g/mol. The maximum absolute atomic E-state index is 15.1. The van der Waals surface area contributed by atoms with Crippen LogP contribution in [0.2, 0.25) is 5.02 Å². The van der Waals surface area contributed by atoms with Crippen LogP contribution < -0.4 is 10.2 Å². The first-order chi connectivity index (χ1) is 14.8. The fourth-order valence-corrected chi connectivity index (χ4v) is 4.00. The third-order valence-electron chi connectivity index (χ3n) is 5.30. The smallest absolute Gasteiger partial charge is 0.223 e. The van der Waals surface area contributed by atoms with Crippen molar-refractivity contribution in [3.05, 3.63) is 29.2 Å². The number of nitrogens with zero attached hydrogens (tertiary/aromatic N) is 5. The molecule has 31 heavy (non-hydrogen) atoms. The number of fused-ring (bicyclic) bond motifs is 1. The Labute approximate surface area is 185 Å². The van der Waals surface area contributed by atoms with Crippen LogP contribution in [-0.2, 0) is 4.74 Å². The molecule has 1 fully saturated rings. The molecular formula is C21H26ClFN6O2. The minimum atomic E-state index is -0.657. The van der Waals surface area contributed by atoms with Crippen LogP contribution in [0.1, 0.15) is 26.3 Å². The van der Waals surface area contributed by atoms with Crippen molar-refractivity contribution in [1.82, 2.24) is 19.5 Å². The van der Waals surface area contributed by atoms with Crippen LogP contribution in [0.3, 0.4) is 0 Å². The molecule has 0 amide bonds. The molecule has 1 aromatic carbocycles. The summed E-state index contributed by atoms with van der Waals surface area (Å²) in [5, 5.41) is 13.6. The Morgan fingerprint density at radius 2 is 2.10 bits per heavy atom. The van der Waals surface area contributed by atoms with Gasteiger partial charge in [0.15, 0.2) is 5.82 Å². The number of aliphatic hydroxyl groups is 1. The van der Waals surface area contributed by atoms with Gasteiger partial charge in [0.1, 0.15) is 5.52 Å². The van der Waals surface area contributed by atoms with E-state index in [-0.39, 0.29) is 18.7 Å². The van der Waals surface area contributed by atoms with Gasteiger partial charge in [-0.25, -0.2) is 19.3 Å². The lowest BCUT2D eigenvalue weighted by molar-refractivity contribution is -0.0136. The predicted octanol–water partition coefficient (Wildman–Crippen LogP) is 3.49. The molecule has 2 aromatic heterocycles. The van der Waals surface area contributed by atoms with Gasteiger partial charge in [-0.15, -0.1) is 0 Å². The van der Waals surface area contributed by atoms with Gasteiger partial charge in [-0.1, -0.05) is 11.6 Å². The lowest BCUT2D eigenvalue weighted by atomic mass is 10.1. The number of ether oxygens (including phenoxy) is 1. The summed E-state index contributed by atoms with van der Waals surface area (Å²) in [6, 6.07) is 3.08. The highest BCUT2D eigenvalue weighted by Gasteiger charge is 2.25. The molecule has 10 heteroatoms. The van der Waals surface area contributed by atoms with Crippen molar-refractivity contribution < 1.29 is 14.2 Å². The first kappa shape index (κ1) is 21.7. The van der Waals surface area contributed by atoms with Gasteiger partial charge in [0.05, 0.1) is 41.2 Å². The molecule has 4 rings (SSSR count). The molecule has 2 N–H and O–H groups in total. The Morgan fingerprint density at radius 3 is 2.77 bits per heavy atom. The number of benzene rings is 1. The summed E-state index contributed by atoms with van der Waals surface area (Å²) in [4.78, 5) is 15.1. The van der Waals surface area contributed by atoms with E-state index in [2.05, 4.69) is 20.3 Å². The molecule has 1 aliphatic heterocycles. The van der Waals surface area contributed by atoms with E-state index >= 15 is 4.39 Å². The minimum Gasteiger partial charge on any atom is -0.389 e. The van der Waals surface area contributed by atoms with E-state index < -0.39 is 11.9 Å². The summed E-state index contributed by atoms with van der Waals surface area (Å²) < 4.78 is 22.3. The standard InChI is InChI=1S/C21H26ClFN6O2/c1-11(2)29-16-8-12(7-14(23)19(16)27-21(29)28(3)4)18-13(22)9-24-20(26-18)25-15-5-6-31-10-17(15)30/h7-9,11,15,17,30H,5-6,10H2,1-4H3,(H,24,25,26)/t15-,17-/m1/s1. The summed E-state index contributed by atoms with van der Waals surface area (Å²) >= 11 is 6.39. The molecule has 3 aromatic rings. The van der Waals surface area contributed by atoms with Gasteiger partial charge in [0.25, 0.3) is 0 Å². The molecule has 2 atom stereocenters. The van der Waals surface area contributed by atoms with Crippen LogP contribution in [-0.4, -0.2) is 64.1 Å². The Balaban J connectivity index is 1.78. The summed E-state index contributed by atoms with van der Waals surface area (Å²) in [5.74, 6) is 0.543. The summed E-state index contributed by atoms with van der Waals surface area (Å²) in [6.45, 7) is 4.85. The molecule has 166 valence electrons. The largest absolute Gasteiger partial charge is 0.389 e. The summed E-state index contributed by atoms with van der Waals surface area (Å²) in [5.41, 5.74) is 1.90. The Bertz CT molecular complexity index is 1100. The van der Waals surface area contributed by atoms with Crippen molar-refractivity contribution in [2.24, 2.45) is 0 Å². The molecular weight excluding hydrogens is 423 g/mol. The molecule has 8 nitrogen and oxygen atoms in total. The number of anilines is 2. The Morgan fingerprint density at radius 1 is 1.32 bits per heavy atom. The van der Waals surface area contributed by atoms with Crippen LogP contribution in [0.5, 0.6) is 0 Å². The van der Waals surface area contributed by atoms with E-state index in [1.807, 2.05) is 43.5 Å². The maximum atomic E-state index is 15.1. The molecule has 0 saturated carbocycles. The van der Waals surface area contributed by atoms with Crippen LogP contribution in [0.25, 0.3) is 22.3 Å².